The third-order valence-corrected chi connectivity index (χ3v) is 5.52. The summed E-state index contributed by atoms with van der Waals surface area (Å²) in [7, 11) is 0.266. The van der Waals surface area contributed by atoms with Gasteiger partial charge in [0.05, 0.1) is 11.3 Å². The summed E-state index contributed by atoms with van der Waals surface area (Å²) in [5.74, 6) is -1.37. The van der Waals surface area contributed by atoms with Crippen molar-refractivity contribution in [3.63, 3.8) is 0 Å². The van der Waals surface area contributed by atoms with Crippen molar-refractivity contribution < 1.29 is 17.6 Å². The largest absolute Gasteiger partial charge is 0.353 e. The van der Waals surface area contributed by atoms with Crippen molar-refractivity contribution in [3.05, 3.63) is 35.6 Å². The van der Waals surface area contributed by atoms with E-state index in [9.17, 15) is 17.6 Å². The third-order valence-electron chi connectivity index (χ3n) is 3.42. The van der Waals surface area contributed by atoms with Crippen molar-refractivity contribution in [2.24, 2.45) is 0 Å². The summed E-state index contributed by atoms with van der Waals surface area (Å²) < 4.78 is 36.4. The number of carbonyl (C=O) groups excluding carboxylic acids is 1. The Morgan fingerprint density at radius 2 is 1.77 bits per heavy atom. The minimum absolute atomic E-state index is 0.161. The van der Waals surface area contributed by atoms with Crippen LogP contribution in [0.5, 0.6) is 0 Å². The van der Waals surface area contributed by atoms with Gasteiger partial charge in [0.25, 0.3) is 0 Å². The first-order valence-corrected chi connectivity index (χ1v) is 8.75. The normalized spacial score (nSPS) is 13.4. The Labute approximate surface area is 131 Å². The highest BCUT2D eigenvalue weighted by molar-refractivity contribution is 7.92. The SMILES string of the molecule is CC(C)S(=O)(=O)CC(=O)NCC(c1ccc(F)cc1)N(C)C. The predicted molar refractivity (Wildman–Crippen MR) is 84.8 cm³/mol. The van der Waals surface area contributed by atoms with E-state index in [4.69, 9.17) is 0 Å². The lowest BCUT2D eigenvalue weighted by Gasteiger charge is -2.25. The second-order valence-electron chi connectivity index (χ2n) is 5.69. The molecule has 0 radical (unpaired) electrons. The van der Waals surface area contributed by atoms with Crippen LogP contribution in [0.1, 0.15) is 25.5 Å². The number of hydrogen-bond donors (Lipinski definition) is 1. The molecule has 0 aliphatic heterocycles. The van der Waals surface area contributed by atoms with E-state index in [0.29, 0.717) is 0 Å². The number of rotatable bonds is 7. The zero-order valence-electron chi connectivity index (χ0n) is 13.3. The van der Waals surface area contributed by atoms with Crippen LogP contribution in [-0.4, -0.2) is 50.9 Å². The number of benzene rings is 1. The van der Waals surface area contributed by atoms with E-state index in [1.165, 1.54) is 12.1 Å². The van der Waals surface area contributed by atoms with E-state index < -0.39 is 26.7 Å². The molecule has 1 unspecified atom stereocenters. The van der Waals surface area contributed by atoms with Gasteiger partial charge in [-0.05, 0) is 45.6 Å². The van der Waals surface area contributed by atoms with Crippen molar-refractivity contribution in [2.45, 2.75) is 25.1 Å². The van der Waals surface area contributed by atoms with Crippen LogP contribution in [0, 0.1) is 5.82 Å². The van der Waals surface area contributed by atoms with Crippen molar-refractivity contribution in [3.8, 4) is 0 Å². The Kier molecular flexibility index (Phi) is 6.49. The molecule has 0 aliphatic rings. The summed E-state index contributed by atoms with van der Waals surface area (Å²) in [5.41, 5.74) is 0.846. The van der Waals surface area contributed by atoms with E-state index in [1.54, 1.807) is 26.0 Å². The Morgan fingerprint density at radius 3 is 2.23 bits per heavy atom. The molecule has 1 aromatic carbocycles. The van der Waals surface area contributed by atoms with Gasteiger partial charge in [-0.2, -0.15) is 0 Å². The Hall–Kier alpha value is -1.47. The van der Waals surface area contributed by atoms with Crippen LogP contribution in [0.3, 0.4) is 0 Å². The molecular weight excluding hydrogens is 307 g/mol. The number of sulfone groups is 1. The van der Waals surface area contributed by atoms with Crippen molar-refractivity contribution in [1.82, 2.24) is 10.2 Å². The molecule has 0 spiro atoms. The molecule has 1 atom stereocenters. The number of likely N-dealkylation sites (N-methyl/N-ethyl adjacent to an activating group) is 1. The Morgan fingerprint density at radius 1 is 1.23 bits per heavy atom. The average Bonchev–Trinajstić information content (AvgIpc) is 2.39. The van der Waals surface area contributed by atoms with E-state index >= 15 is 0 Å². The summed E-state index contributed by atoms with van der Waals surface area (Å²) in [4.78, 5) is 13.7. The lowest BCUT2D eigenvalue weighted by Crippen LogP contribution is -2.38. The quantitative estimate of drug-likeness (QED) is 0.820. The second kappa shape index (κ2) is 7.69. The number of amides is 1. The van der Waals surface area contributed by atoms with E-state index in [1.807, 2.05) is 19.0 Å². The molecule has 0 fully saturated rings. The number of carbonyl (C=O) groups is 1. The van der Waals surface area contributed by atoms with Gasteiger partial charge in [-0.25, -0.2) is 12.8 Å². The van der Waals surface area contributed by atoms with E-state index in [2.05, 4.69) is 5.32 Å². The third kappa shape index (κ3) is 5.38. The monoisotopic (exact) mass is 330 g/mol. The number of halogens is 1. The topological polar surface area (TPSA) is 66.5 Å². The first-order valence-electron chi connectivity index (χ1n) is 7.03. The summed E-state index contributed by atoms with van der Waals surface area (Å²) in [6.45, 7) is 3.35. The molecule has 124 valence electrons. The molecule has 7 heteroatoms. The number of nitrogens with one attached hydrogen (secondary N) is 1. The number of hydrogen-bond acceptors (Lipinski definition) is 4. The van der Waals surface area contributed by atoms with Crippen LogP contribution >= 0.6 is 0 Å². The van der Waals surface area contributed by atoms with Crippen LogP contribution in [0.2, 0.25) is 0 Å². The van der Waals surface area contributed by atoms with Gasteiger partial charge in [0, 0.05) is 6.54 Å². The van der Waals surface area contributed by atoms with Crippen LogP contribution in [0.15, 0.2) is 24.3 Å². The zero-order valence-corrected chi connectivity index (χ0v) is 14.2. The van der Waals surface area contributed by atoms with Gasteiger partial charge in [-0.1, -0.05) is 12.1 Å². The molecule has 5 nitrogen and oxygen atoms in total. The van der Waals surface area contributed by atoms with Crippen LogP contribution in [0.25, 0.3) is 0 Å². The highest BCUT2D eigenvalue weighted by Crippen LogP contribution is 2.17. The van der Waals surface area contributed by atoms with E-state index in [-0.39, 0.29) is 18.4 Å². The molecule has 1 rings (SSSR count). The van der Waals surface area contributed by atoms with Gasteiger partial charge in [-0.3, -0.25) is 4.79 Å². The highest BCUT2D eigenvalue weighted by atomic mass is 32.2. The molecule has 1 amide bonds. The molecule has 0 aromatic heterocycles. The average molecular weight is 330 g/mol. The smallest absolute Gasteiger partial charge is 0.235 e. The number of nitrogens with zero attached hydrogens (tertiary/aromatic N) is 1. The van der Waals surface area contributed by atoms with Crippen molar-refractivity contribution in [2.75, 3.05) is 26.4 Å². The first-order chi connectivity index (χ1) is 10.1. The lowest BCUT2D eigenvalue weighted by molar-refractivity contribution is -0.118. The summed E-state index contributed by atoms with van der Waals surface area (Å²) in [6.07, 6.45) is 0. The molecule has 0 saturated carbocycles. The fourth-order valence-electron chi connectivity index (χ4n) is 1.89. The van der Waals surface area contributed by atoms with Gasteiger partial charge in [0.15, 0.2) is 9.84 Å². The maximum Gasteiger partial charge on any atom is 0.235 e. The van der Waals surface area contributed by atoms with Crippen molar-refractivity contribution in [1.29, 1.82) is 0 Å². The van der Waals surface area contributed by atoms with Gasteiger partial charge in [-0.15, -0.1) is 0 Å². The molecule has 22 heavy (non-hydrogen) atoms. The Balaban J connectivity index is 2.70. The zero-order chi connectivity index (χ0) is 16.9. The lowest BCUT2D eigenvalue weighted by atomic mass is 10.1. The molecule has 0 heterocycles. The summed E-state index contributed by atoms with van der Waals surface area (Å²) in [6, 6.07) is 5.85. The molecule has 0 saturated heterocycles. The molecular formula is C15H23FN2O3S. The van der Waals surface area contributed by atoms with Gasteiger partial charge in [0.2, 0.25) is 5.91 Å². The van der Waals surface area contributed by atoms with Crippen LogP contribution < -0.4 is 5.32 Å². The summed E-state index contributed by atoms with van der Waals surface area (Å²) in [5, 5.41) is 2.05. The fraction of sp³-hybridized carbons (Fsp3) is 0.533. The minimum Gasteiger partial charge on any atom is -0.353 e. The predicted octanol–water partition coefficient (Wildman–Crippen LogP) is 1.37. The Bertz CT molecular complexity index is 598. The van der Waals surface area contributed by atoms with Gasteiger partial charge < -0.3 is 10.2 Å². The minimum atomic E-state index is -3.41. The standard InChI is InChI=1S/C15H23FN2O3S/c1-11(2)22(20,21)10-15(19)17-9-14(18(3)4)12-5-7-13(16)8-6-12/h5-8,11,14H,9-10H2,1-4H3,(H,17,19). The summed E-state index contributed by atoms with van der Waals surface area (Å²) >= 11 is 0. The first kappa shape index (κ1) is 18.6. The van der Waals surface area contributed by atoms with Crippen LogP contribution in [-0.2, 0) is 14.6 Å². The molecule has 0 aliphatic carbocycles. The molecule has 1 aromatic rings. The fourth-order valence-corrected chi connectivity index (χ4v) is 2.70. The molecule has 0 bridgehead atoms. The van der Waals surface area contributed by atoms with Crippen LogP contribution in [0.4, 0.5) is 4.39 Å². The van der Waals surface area contributed by atoms with E-state index in [0.717, 1.165) is 5.56 Å². The highest BCUT2D eigenvalue weighted by Gasteiger charge is 2.22. The van der Waals surface area contributed by atoms with Gasteiger partial charge in [0.1, 0.15) is 11.6 Å². The maximum absolute atomic E-state index is 13.0. The van der Waals surface area contributed by atoms with Gasteiger partial charge >= 0.3 is 0 Å². The molecule has 1 N–H and O–H groups in total. The maximum atomic E-state index is 13.0. The second-order valence-corrected chi connectivity index (χ2v) is 8.25. The van der Waals surface area contributed by atoms with Crippen molar-refractivity contribution >= 4 is 15.7 Å².